The number of rotatable bonds is 3. The minimum atomic E-state index is -0.603. The summed E-state index contributed by atoms with van der Waals surface area (Å²) in [4.78, 5) is 0. The van der Waals surface area contributed by atoms with Crippen LogP contribution in [-0.4, -0.2) is 10.7 Å². The lowest BCUT2D eigenvalue weighted by Gasteiger charge is -2.30. The van der Waals surface area contributed by atoms with Gasteiger partial charge in [0.05, 0.1) is 5.60 Å². The third-order valence-electron chi connectivity index (χ3n) is 2.98. The molecule has 0 aromatic heterocycles. The second-order valence-corrected chi connectivity index (χ2v) is 3.82. The summed E-state index contributed by atoms with van der Waals surface area (Å²) < 4.78 is 0. The highest BCUT2D eigenvalue weighted by molar-refractivity contribution is 5.15. The van der Waals surface area contributed by atoms with Gasteiger partial charge in [0.15, 0.2) is 0 Å². The van der Waals surface area contributed by atoms with Crippen molar-refractivity contribution < 1.29 is 5.11 Å². The summed E-state index contributed by atoms with van der Waals surface area (Å²) in [6, 6.07) is 0. The topological polar surface area (TPSA) is 20.2 Å². The van der Waals surface area contributed by atoms with Gasteiger partial charge in [-0.2, -0.15) is 0 Å². The molecule has 68 valence electrons. The van der Waals surface area contributed by atoms with Crippen molar-refractivity contribution in [2.45, 2.75) is 38.2 Å². The van der Waals surface area contributed by atoms with Crippen LogP contribution in [0.1, 0.15) is 32.6 Å². The largest absolute Gasteiger partial charge is 0.385 e. The molecule has 0 aromatic rings. The van der Waals surface area contributed by atoms with Crippen molar-refractivity contribution in [2.75, 3.05) is 0 Å². The Balaban J connectivity index is 2.73. The van der Waals surface area contributed by atoms with E-state index in [1.165, 1.54) is 0 Å². The van der Waals surface area contributed by atoms with E-state index in [0.29, 0.717) is 5.92 Å². The fourth-order valence-electron chi connectivity index (χ4n) is 2.14. The quantitative estimate of drug-likeness (QED) is 0.639. The first-order valence-electron chi connectivity index (χ1n) is 4.60. The fraction of sp³-hybridized carbons (Fsp3) is 0.636. The van der Waals surface area contributed by atoms with Gasteiger partial charge in [-0.3, -0.25) is 0 Å². The molecule has 1 heteroatoms. The molecular formula is C11H18O. The molecule has 0 amide bonds. The molecule has 1 N–H and O–H groups in total. The highest BCUT2D eigenvalue weighted by Crippen LogP contribution is 2.41. The molecule has 1 fully saturated rings. The lowest BCUT2D eigenvalue weighted by Crippen LogP contribution is -2.33. The SMILES string of the molecule is C=CC[C@@H]1CCC[C@]1(O)C(=C)C. The molecule has 0 aliphatic heterocycles. The lowest BCUT2D eigenvalue weighted by molar-refractivity contribution is 0.0406. The van der Waals surface area contributed by atoms with Crippen LogP contribution in [0.15, 0.2) is 24.8 Å². The second-order valence-electron chi connectivity index (χ2n) is 3.82. The highest BCUT2D eigenvalue weighted by Gasteiger charge is 2.40. The van der Waals surface area contributed by atoms with Gasteiger partial charge in [-0.05, 0) is 44.1 Å². The van der Waals surface area contributed by atoms with E-state index in [-0.39, 0.29) is 0 Å². The first kappa shape index (κ1) is 9.53. The summed E-state index contributed by atoms with van der Waals surface area (Å²) >= 11 is 0. The number of hydrogen-bond donors (Lipinski definition) is 1. The van der Waals surface area contributed by atoms with Gasteiger partial charge in [-0.25, -0.2) is 0 Å². The van der Waals surface area contributed by atoms with E-state index in [1.54, 1.807) is 0 Å². The van der Waals surface area contributed by atoms with Crippen LogP contribution in [0, 0.1) is 5.92 Å². The maximum atomic E-state index is 10.2. The van der Waals surface area contributed by atoms with Crippen molar-refractivity contribution in [1.82, 2.24) is 0 Å². The third-order valence-corrected chi connectivity index (χ3v) is 2.98. The summed E-state index contributed by atoms with van der Waals surface area (Å²) in [7, 11) is 0. The molecule has 0 spiro atoms. The van der Waals surface area contributed by atoms with Gasteiger partial charge >= 0.3 is 0 Å². The number of allylic oxidation sites excluding steroid dienone is 1. The van der Waals surface area contributed by atoms with E-state index in [0.717, 1.165) is 31.3 Å². The van der Waals surface area contributed by atoms with E-state index in [1.807, 2.05) is 13.0 Å². The van der Waals surface area contributed by atoms with Gasteiger partial charge in [-0.15, -0.1) is 6.58 Å². The molecule has 1 aliphatic rings. The van der Waals surface area contributed by atoms with Gasteiger partial charge in [0, 0.05) is 0 Å². The predicted octanol–water partition coefficient (Wildman–Crippen LogP) is 2.67. The molecule has 0 unspecified atom stereocenters. The van der Waals surface area contributed by atoms with Crippen molar-refractivity contribution in [2.24, 2.45) is 5.92 Å². The maximum Gasteiger partial charge on any atom is 0.0882 e. The van der Waals surface area contributed by atoms with E-state index in [2.05, 4.69) is 13.2 Å². The predicted molar refractivity (Wildman–Crippen MR) is 51.9 cm³/mol. The molecule has 1 rings (SSSR count). The summed E-state index contributed by atoms with van der Waals surface area (Å²) in [5.41, 5.74) is 0.306. The third kappa shape index (κ3) is 1.46. The average Bonchev–Trinajstić information content (AvgIpc) is 2.35. The smallest absolute Gasteiger partial charge is 0.0882 e. The Morgan fingerprint density at radius 1 is 1.75 bits per heavy atom. The van der Waals surface area contributed by atoms with Crippen LogP contribution in [-0.2, 0) is 0 Å². The van der Waals surface area contributed by atoms with E-state index in [9.17, 15) is 5.11 Å². The van der Waals surface area contributed by atoms with Gasteiger partial charge in [0.1, 0.15) is 0 Å². The van der Waals surface area contributed by atoms with Crippen molar-refractivity contribution in [3.05, 3.63) is 24.8 Å². The van der Waals surface area contributed by atoms with E-state index >= 15 is 0 Å². The average molecular weight is 166 g/mol. The van der Waals surface area contributed by atoms with Crippen molar-refractivity contribution in [3.63, 3.8) is 0 Å². The normalized spacial score (nSPS) is 35.0. The summed E-state index contributed by atoms with van der Waals surface area (Å²) in [6.07, 6.45) is 5.89. The Labute approximate surface area is 74.8 Å². The zero-order chi connectivity index (χ0) is 9.19. The van der Waals surface area contributed by atoms with Gasteiger partial charge in [0.25, 0.3) is 0 Å². The van der Waals surface area contributed by atoms with Crippen LogP contribution in [0.5, 0.6) is 0 Å². The minimum Gasteiger partial charge on any atom is -0.385 e. The second kappa shape index (κ2) is 3.44. The Morgan fingerprint density at radius 2 is 2.42 bits per heavy atom. The molecule has 0 heterocycles. The van der Waals surface area contributed by atoms with E-state index in [4.69, 9.17) is 0 Å². The fourth-order valence-corrected chi connectivity index (χ4v) is 2.14. The molecule has 1 aliphatic carbocycles. The molecule has 0 bridgehead atoms. The van der Waals surface area contributed by atoms with Crippen LogP contribution >= 0.6 is 0 Å². The maximum absolute atomic E-state index is 10.2. The standard InChI is InChI=1S/C11H18O/c1-4-6-10-7-5-8-11(10,12)9(2)3/h4,10,12H,1-2,5-8H2,3H3/t10-,11+/m1/s1. The highest BCUT2D eigenvalue weighted by atomic mass is 16.3. The first-order chi connectivity index (χ1) is 5.61. The molecule has 1 saturated carbocycles. The molecule has 0 saturated heterocycles. The van der Waals surface area contributed by atoms with Crippen LogP contribution in [0.4, 0.5) is 0 Å². The Hall–Kier alpha value is -0.560. The molecule has 12 heavy (non-hydrogen) atoms. The molecular weight excluding hydrogens is 148 g/mol. The summed E-state index contributed by atoms with van der Waals surface area (Å²) in [5, 5.41) is 10.2. The zero-order valence-electron chi connectivity index (χ0n) is 7.84. The van der Waals surface area contributed by atoms with Gasteiger partial charge in [-0.1, -0.05) is 12.7 Å². The van der Waals surface area contributed by atoms with Crippen molar-refractivity contribution in [1.29, 1.82) is 0 Å². The van der Waals surface area contributed by atoms with Gasteiger partial charge in [0.2, 0.25) is 0 Å². The monoisotopic (exact) mass is 166 g/mol. The Bertz CT molecular complexity index is 195. The zero-order valence-corrected chi connectivity index (χ0v) is 7.84. The van der Waals surface area contributed by atoms with Crippen LogP contribution in [0.25, 0.3) is 0 Å². The van der Waals surface area contributed by atoms with E-state index < -0.39 is 5.60 Å². The molecule has 1 nitrogen and oxygen atoms in total. The summed E-state index contributed by atoms with van der Waals surface area (Å²) in [6.45, 7) is 9.48. The number of aliphatic hydroxyl groups is 1. The molecule has 2 atom stereocenters. The number of hydrogen-bond acceptors (Lipinski definition) is 1. The summed E-state index contributed by atoms with van der Waals surface area (Å²) in [5.74, 6) is 0.354. The molecule has 0 radical (unpaired) electrons. The van der Waals surface area contributed by atoms with Crippen LogP contribution in [0.2, 0.25) is 0 Å². The van der Waals surface area contributed by atoms with Gasteiger partial charge < -0.3 is 5.11 Å². The van der Waals surface area contributed by atoms with Crippen molar-refractivity contribution >= 4 is 0 Å². The Morgan fingerprint density at radius 3 is 2.92 bits per heavy atom. The van der Waals surface area contributed by atoms with Crippen LogP contribution < -0.4 is 0 Å². The lowest BCUT2D eigenvalue weighted by atomic mass is 9.83. The Kier molecular flexibility index (Phi) is 2.73. The first-order valence-corrected chi connectivity index (χ1v) is 4.60. The van der Waals surface area contributed by atoms with Crippen LogP contribution in [0.3, 0.4) is 0 Å². The minimum absolute atomic E-state index is 0.354. The van der Waals surface area contributed by atoms with Crippen molar-refractivity contribution in [3.8, 4) is 0 Å². The molecule has 0 aromatic carbocycles.